The zero-order valence-electron chi connectivity index (χ0n) is 7.81. The Morgan fingerprint density at radius 2 is 1.94 bits per heavy atom. The van der Waals surface area contributed by atoms with Gasteiger partial charge in [-0.3, -0.25) is 10.1 Å². The second-order valence-electron chi connectivity index (χ2n) is 3.03. The third-order valence-electron chi connectivity index (χ3n) is 1.96. The topological polar surface area (TPSA) is 56.3 Å². The third-order valence-corrected chi connectivity index (χ3v) is 2.80. The Balaban J connectivity index is 2.47. The first kappa shape index (κ1) is 11.2. The van der Waals surface area contributed by atoms with Crippen LogP contribution in [-0.2, 0) is 0 Å². The summed E-state index contributed by atoms with van der Waals surface area (Å²) in [5.74, 6) is 0.125. The van der Waals surface area contributed by atoms with Crippen molar-refractivity contribution in [1.82, 2.24) is 0 Å². The number of hydrogen-bond acceptors (Lipinski definition) is 3. The molecule has 0 N–H and O–H groups in total. The zero-order chi connectivity index (χ0) is 11.7. The average molecular weight is 303 g/mol. The molecule has 0 bridgehead atoms. The highest BCUT2D eigenvalue weighted by molar-refractivity contribution is 9.10. The third kappa shape index (κ3) is 2.10. The normalized spacial score (nSPS) is 10.4. The Morgan fingerprint density at radius 3 is 2.44 bits per heavy atom. The predicted octanol–water partition coefficient (Wildman–Crippen LogP) is 4.27. The number of rotatable bonds is 2. The van der Waals surface area contributed by atoms with Crippen LogP contribution in [0.3, 0.4) is 0 Å². The van der Waals surface area contributed by atoms with Crippen molar-refractivity contribution in [2.75, 3.05) is 0 Å². The minimum Gasteiger partial charge on any atom is -0.399 e. The van der Waals surface area contributed by atoms with Gasteiger partial charge in [0.2, 0.25) is 0 Å². The van der Waals surface area contributed by atoms with Crippen LogP contribution in [0.1, 0.15) is 0 Å². The molecular weight excluding hydrogens is 297 g/mol. The molecule has 0 saturated heterocycles. The van der Waals surface area contributed by atoms with Gasteiger partial charge >= 0.3 is 5.88 Å². The minimum atomic E-state index is -0.579. The van der Waals surface area contributed by atoms with Crippen molar-refractivity contribution in [2.45, 2.75) is 0 Å². The van der Waals surface area contributed by atoms with Crippen LogP contribution < -0.4 is 0 Å². The van der Waals surface area contributed by atoms with Gasteiger partial charge in [0.15, 0.2) is 5.76 Å². The number of furan rings is 1. The van der Waals surface area contributed by atoms with Crippen LogP contribution in [0.5, 0.6) is 0 Å². The number of hydrogen-bond donors (Lipinski definition) is 0. The van der Waals surface area contributed by atoms with Gasteiger partial charge in [-0.15, -0.1) is 0 Å². The zero-order valence-corrected chi connectivity index (χ0v) is 10.2. The summed E-state index contributed by atoms with van der Waals surface area (Å²) in [5.41, 5.74) is 0.726. The molecule has 2 aromatic rings. The fourth-order valence-electron chi connectivity index (χ4n) is 1.24. The van der Waals surface area contributed by atoms with Crippen molar-refractivity contribution in [1.29, 1.82) is 0 Å². The Kier molecular flexibility index (Phi) is 2.98. The Morgan fingerprint density at radius 1 is 1.31 bits per heavy atom. The highest BCUT2D eigenvalue weighted by Gasteiger charge is 2.18. The fraction of sp³-hybridized carbons (Fsp3) is 0. The van der Waals surface area contributed by atoms with Crippen LogP contribution in [0, 0.1) is 10.1 Å². The molecule has 16 heavy (non-hydrogen) atoms. The quantitative estimate of drug-likeness (QED) is 0.615. The van der Waals surface area contributed by atoms with Gasteiger partial charge in [0.05, 0.1) is 10.5 Å². The molecule has 6 heteroatoms. The molecule has 0 amide bonds. The van der Waals surface area contributed by atoms with E-state index in [2.05, 4.69) is 15.9 Å². The maximum atomic E-state index is 10.5. The van der Waals surface area contributed by atoms with Crippen molar-refractivity contribution in [3.63, 3.8) is 0 Å². The number of benzene rings is 1. The summed E-state index contributed by atoms with van der Waals surface area (Å²) >= 11 is 8.95. The largest absolute Gasteiger partial charge is 0.434 e. The molecule has 1 heterocycles. The second kappa shape index (κ2) is 4.27. The lowest BCUT2D eigenvalue weighted by atomic mass is 10.2. The molecule has 0 aliphatic rings. The monoisotopic (exact) mass is 301 g/mol. The molecule has 0 atom stereocenters. The minimum absolute atomic E-state index is 0.295. The highest BCUT2D eigenvalue weighted by atomic mass is 79.9. The molecular formula is C10H5BrClNO3. The number of nitrogens with zero attached hydrogens (tertiary/aromatic N) is 1. The van der Waals surface area contributed by atoms with E-state index in [0.717, 1.165) is 5.56 Å². The van der Waals surface area contributed by atoms with Crippen molar-refractivity contribution >= 4 is 33.4 Å². The van der Waals surface area contributed by atoms with Gasteiger partial charge in [0.25, 0.3) is 0 Å². The van der Waals surface area contributed by atoms with Crippen LogP contribution in [0.25, 0.3) is 11.3 Å². The molecule has 82 valence electrons. The van der Waals surface area contributed by atoms with Crippen molar-refractivity contribution in [3.8, 4) is 11.3 Å². The molecule has 0 aliphatic carbocycles. The van der Waals surface area contributed by atoms with Gasteiger partial charge in [-0.2, -0.15) is 0 Å². The summed E-state index contributed by atoms with van der Waals surface area (Å²) in [4.78, 5) is 9.94. The molecule has 1 aromatic heterocycles. The van der Waals surface area contributed by atoms with Crippen LogP contribution in [0.15, 0.2) is 39.2 Å². The van der Waals surface area contributed by atoms with E-state index in [-0.39, 0.29) is 5.88 Å². The van der Waals surface area contributed by atoms with E-state index in [1.165, 1.54) is 6.07 Å². The van der Waals surface area contributed by atoms with Gasteiger partial charge < -0.3 is 4.42 Å². The number of nitro groups is 1. The van der Waals surface area contributed by atoms with E-state index < -0.39 is 4.92 Å². The van der Waals surface area contributed by atoms with E-state index in [4.69, 9.17) is 16.0 Å². The molecule has 4 nitrogen and oxygen atoms in total. The Hall–Kier alpha value is -1.33. The summed E-state index contributed by atoms with van der Waals surface area (Å²) in [6.45, 7) is 0. The maximum Gasteiger partial charge on any atom is 0.434 e. The standard InChI is InChI=1S/C10H5BrClNO3/c11-8-5-9(13(14)15)16-10(8)6-1-3-7(12)4-2-6/h1-5H. The summed E-state index contributed by atoms with van der Waals surface area (Å²) in [5, 5.41) is 11.1. The summed E-state index contributed by atoms with van der Waals surface area (Å²) in [6.07, 6.45) is 0. The lowest BCUT2D eigenvalue weighted by molar-refractivity contribution is -0.401. The number of halogens is 2. The molecule has 0 aliphatic heterocycles. The van der Waals surface area contributed by atoms with Gasteiger partial charge in [-0.1, -0.05) is 11.6 Å². The molecule has 0 unspecified atom stereocenters. The van der Waals surface area contributed by atoms with Gasteiger partial charge in [-0.05, 0) is 40.2 Å². The van der Waals surface area contributed by atoms with E-state index in [0.29, 0.717) is 15.3 Å². The average Bonchev–Trinajstić information content (AvgIpc) is 2.62. The van der Waals surface area contributed by atoms with E-state index >= 15 is 0 Å². The van der Waals surface area contributed by atoms with Crippen molar-refractivity contribution in [3.05, 3.63) is 49.9 Å². The van der Waals surface area contributed by atoms with Crippen molar-refractivity contribution in [2.24, 2.45) is 0 Å². The molecule has 0 fully saturated rings. The second-order valence-corrected chi connectivity index (χ2v) is 4.32. The molecule has 0 saturated carbocycles. The van der Waals surface area contributed by atoms with E-state index in [1.807, 2.05) is 0 Å². The van der Waals surface area contributed by atoms with Crippen LogP contribution in [-0.4, -0.2) is 4.92 Å². The van der Waals surface area contributed by atoms with Gasteiger partial charge in [-0.25, -0.2) is 0 Å². The maximum absolute atomic E-state index is 10.5. The van der Waals surface area contributed by atoms with Crippen LogP contribution in [0.4, 0.5) is 5.88 Å². The van der Waals surface area contributed by atoms with Crippen molar-refractivity contribution < 1.29 is 9.34 Å². The molecule has 2 rings (SSSR count). The fourth-order valence-corrected chi connectivity index (χ4v) is 1.88. The van der Waals surface area contributed by atoms with Gasteiger partial charge in [0.1, 0.15) is 4.92 Å². The van der Waals surface area contributed by atoms with Crippen LogP contribution >= 0.6 is 27.5 Å². The summed E-state index contributed by atoms with van der Waals surface area (Å²) in [7, 11) is 0. The first-order valence-electron chi connectivity index (χ1n) is 4.27. The molecule has 0 spiro atoms. The van der Waals surface area contributed by atoms with E-state index in [1.54, 1.807) is 24.3 Å². The lowest BCUT2D eigenvalue weighted by Gasteiger charge is -1.96. The molecule has 0 radical (unpaired) electrons. The smallest absolute Gasteiger partial charge is 0.399 e. The SMILES string of the molecule is O=[N+]([O-])c1cc(Br)c(-c2ccc(Cl)cc2)o1. The first-order valence-corrected chi connectivity index (χ1v) is 5.44. The predicted molar refractivity (Wildman–Crippen MR) is 63.5 cm³/mol. The Labute approximate surface area is 104 Å². The van der Waals surface area contributed by atoms with E-state index in [9.17, 15) is 10.1 Å². The molecule has 1 aromatic carbocycles. The van der Waals surface area contributed by atoms with Gasteiger partial charge in [0, 0.05) is 10.6 Å². The first-order chi connectivity index (χ1) is 7.58. The highest BCUT2D eigenvalue weighted by Crippen LogP contribution is 2.35. The van der Waals surface area contributed by atoms with Crippen LogP contribution in [0.2, 0.25) is 5.02 Å². The lowest BCUT2D eigenvalue weighted by Crippen LogP contribution is -1.82. The summed E-state index contributed by atoms with van der Waals surface area (Å²) < 4.78 is 5.66. The summed E-state index contributed by atoms with van der Waals surface area (Å²) in [6, 6.07) is 8.17. The Bertz CT molecular complexity index is 535.